The second kappa shape index (κ2) is 9.68. The number of nitrogens with zero attached hydrogens (tertiary/aromatic N) is 2. The highest BCUT2D eigenvalue weighted by molar-refractivity contribution is 5.96. The summed E-state index contributed by atoms with van der Waals surface area (Å²) in [5, 5.41) is 17.0. The molecule has 37 heavy (non-hydrogen) atoms. The summed E-state index contributed by atoms with van der Waals surface area (Å²) < 4.78 is 5.23. The van der Waals surface area contributed by atoms with Gasteiger partial charge in [-0.05, 0) is 118 Å². The van der Waals surface area contributed by atoms with Crippen molar-refractivity contribution in [3.63, 3.8) is 0 Å². The molecule has 202 valence electrons. The maximum atomic E-state index is 12.4. The van der Waals surface area contributed by atoms with E-state index in [2.05, 4.69) is 30.0 Å². The second-order valence-corrected chi connectivity index (χ2v) is 13.0. The highest BCUT2D eigenvalue weighted by Crippen LogP contribution is 2.69. The van der Waals surface area contributed by atoms with Gasteiger partial charge in [0.1, 0.15) is 6.61 Å². The van der Waals surface area contributed by atoms with Crippen molar-refractivity contribution in [3.8, 4) is 0 Å². The molecule has 3 saturated carbocycles. The van der Waals surface area contributed by atoms with Crippen molar-refractivity contribution >= 4 is 5.71 Å². The third kappa shape index (κ3) is 4.23. The molecular formula is C31H44N2O4. The standard InChI is InChI=1S/C31H44N2O4/c1-29-13-10-24(32-37-19-18-33-16-4-3-5-17-33)20-23(29)7-8-27-26(29)11-14-30(2)25(12-15-31(27,30)35)22-6-9-28(34)36-21-22/h6,9,20-21,25-27,35H,3-5,7-8,10-19H2,1-2H3/b32-24+/t25-,26?,27?,29+,30-,31+/m1/s1. The first-order valence-electron chi connectivity index (χ1n) is 14.8. The Morgan fingerprint density at radius 2 is 1.89 bits per heavy atom. The van der Waals surface area contributed by atoms with Crippen LogP contribution >= 0.6 is 0 Å². The lowest BCUT2D eigenvalue weighted by Crippen LogP contribution is -2.60. The van der Waals surface area contributed by atoms with Crippen molar-refractivity contribution in [2.75, 3.05) is 26.2 Å². The van der Waals surface area contributed by atoms with Gasteiger partial charge in [0.15, 0.2) is 0 Å². The van der Waals surface area contributed by atoms with Crippen molar-refractivity contribution in [2.45, 2.75) is 96.0 Å². The third-order valence-corrected chi connectivity index (χ3v) is 11.4. The lowest BCUT2D eigenvalue weighted by Gasteiger charge is -2.61. The first-order valence-corrected chi connectivity index (χ1v) is 14.8. The highest BCUT2D eigenvalue weighted by atomic mass is 16.6. The largest absolute Gasteiger partial charge is 0.431 e. The van der Waals surface area contributed by atoms with Gasteiger partial charge in [0.25, 0.3) is 0 Å². The van der Waals surface area contributed by atoms with Crippen LogP contribution in [0.1, 0.15) is 96.0 Å². The Bertz CT molecular complexity index is 1100. The van der Waals surface area contributed by atoms with Crippen LogP contribution in [0.15, 0.2) is 44.4 Å². The zero-order chi connectivity index (χ0) is 25.7. The molecular weight excluding hydrogens is 464 g/mol. The number of fused-ring (bicyclic) bond motifs is 5. The smallest absolute Gasteiger partial charge is 0.335 e. The lowest BCUT2D eigenvalue weighted by molar-refractivity contribution is -0.176. The van der Waals surface area contributed by atoms with E-state index in [0.29, 0.717) is 18.4 Å². The second-order valence-electron chi connectivity index (χ2n) is 13.0. The molecule has 4 aliphatic carbocycles. The van der Waals surface area contributed by atoms with E-state index in [1.54, 1.807) is 6.26 Å². The zero-order valence-electron chi connectivity index (χ0n) is 22.7. The van der Waals surface area contributed by atoms with E-state index in [-0.39, 0.29) is 22.4 Å². The van der Waals surface area contributed by atoms with Crippen LogP contribution in [0.5, 0.6) is 0 Å². The molecule has 2 unspecified atom stereocenters. The van der Waals surface area contributed by atoms with E-state index in [4.69, 9.17) is 9.25 Å². The summed E-state index contributed by atoms with van der Waals surface area (Å²) >= 11 is 0. The summed E-state index contributed by atoms with van der Waals surface area (Å²) in [7, 11) is 0. The van der Waals surface area contributed by atoms with Gasteiger partial charge in [-0.15, -0.1) is 0 Å². The predicted octanol–water partition coefficient (Wildman–Crippen LogP) is 5.66. The Morgan fingerprint density at radius 1 is 1.05 bits per heavy atom. The molecule has 4 fully saturated rings. The summed E-state index contributed by atoms with van der Waals surface area (Å²) in [5.41, 5.74) is 2.65. The summed E-state index contributed by atoms with van der Waals surface area (Å²) in [6, 6.07) is 3.44. The molecule has 6 nitrogen and oxygen atoms in total. The Hall–Kier alpha value is -1.92. The number of aliphatic hydroxyl groups is 1. The molecule has 1 aromatic heterocycles. The number of hydrogen-bond donors (Lipinski definition) is 1. The molecule has 6 heteroatoms. The van der Waals surface area contributed by atoms with Crippen molar-refractivity contribution in [1.29, 1.82) is 0 Å². The maximum absolute atomic E-state index is 12.4. The molecule has 6 atom stereocenters. The van der Waals surface area contributed by atoms with Crippen molar-refractivity contribution in [1.82, 2.24) is 4.90 Å². The molecule has 0 spiro atoms. The van der Waals surface area contributed by atoms with Crippen LogP contribution in [0.2, 0.25) is 0 Å². The molecule has 1 N–H and O–H groups in total. The topological polar surface area (TPSA) is 75.3 Å². The number of hydrogen-bond acceptors (Lipinski definition) is 6. The summed E-state index contributed by atoms with van der Waals surface area (Å²) in [4.78, 5) is 19.8. The zero-order valence-corrected chi connectivity index (χ0v) is 22.7. The minimum absolute atomic E-state index is 0.129. The summed E-state index contributed by atoms with van der Waals surface area (Å²) in [6.07, 6.45) is 16.0. The van der Waals surface area contributed by atoms with Crippen LogP contribution in [0, 0.1) is 22.7 Å². The van der Waals surface area contributed by atoms with Crippen LogP contribution in [-0.2, 0) is 4.84 Å². The van der Waals surface area contributed by atoms with Crippen molar-refractivity contribution in [3.05, 3.63) is 46.0 Å². The molecule has 0 bridgehead atoms. The van der Waals surface area contributed by atoms with Gasteiger partial charge in [0, 0.05) is 18.0 Å². The molecule has 1 aliphatic heterocycles. The Morgan fingerprint density at radius 3 is 2.68 bits per heavy atom. The van der Waals surface area contributed by atoms with Crippen molar-refractivity contribution in [2.24, 2.45) is 27.8 Å². The molecule has 0 amide bonds. The number of oxime groups is 1. The number of likely N-dealkylation sites (tertiary alicyclic amines) is 1. The van der Waals surface area contributed by atoms with E-state index in [9.17, 15) is 9.90 Å². The predicted molar refractivity (Wildman–Crippen MR) is 145 cm³/mol. The fourth-order valence-corrected chi connectivity index (χ4v) is 9.20. The van der Waals surface area contributed by atoms with Gasteiger partial charge in [-0.1, -0.05) is 31.0 Å². The monoisotopic (exact) mass is 508 g/mol. The number of rotatable bonds is 5. The van der Waals surface area contributed by atoms with E-state index >= 15 is 0 Å². The SMILES string of the molecule is C[C@]12CC/C(=N\OCCN3CCCCC3)C=C1CCC1C2CC[C@]2(C)[C@@H](c3ccc(=O)oc3)CC[C@]12O. The average Bonchev–Trinajstić information content (AvgIpc) is 3.19. The quantitative estimate of drug-likeness (QED) is 0.410. The van der Waals surface area contributed by atoms with Crippen LogP contribution in [0.3, 0.4) is 0 Å². The minimum atomic E-state index is -0.669. The Labute approximate surface area is 221 Å². The van der Waals surface area contributed by atoms with Crippen LogP contribution in [0.25, 0.3) is 0 Å². The minimum Gasteiger partial charge on any atom is -0.431 e. The van der Waals surface area contributed by atoms with Gasteiger partial charge in [0.05, 0.1) is 17.6 Å². The van der Waals surface area contributed by atoms with Crippen LogP contribution < -0.4 is 5.63 Å². The van der Waals surface area contributed by atoms with Gasteiger partial charge in [0.2, 0.25) is 0 Å². The Balaban J connectivity index is 1.16. The van der Waals surface area contributed by atoms with Gasteiger partial charge in [-0.25, -0.2) is 4.79 Å². The first kappa shape index (κ1) is 25.4. The van der Waals surface area contributed by atoms with E-state index in [0.717, 1.165) is 69.2 Å². The fraction of sp³-hybridized carbons (Fsp3) is 0.742. The van der Waals surface area contributed by atoms with Crippen molar-refractivity contribution < 1.29 is 14.4 Å². The third-order valence-electron chi connectivity index (χ3n) is 11.4. The summed E-state index contributed by atoms with van der Waals surface area (Å²) in [6.45, 7) is 8.78. The van der Waals surface area contributed by atoms with E-state index in [1.807, 2.05) is 6.07 Å². The van der Waals surface area contributed by atoms with Gasteiger partial charge < -0.3 is 14.4 Å². The van der Waals surface area contributed by atoms with Crippen LogP contribution in [0.4, 0.5) is 0 Å². The molecule has 0 radical (unpaired) electrons. The number of allylic oxidation sites excluding steroid dienone is 2. The molecule has 0 aromatic carbocycles. The summed E-state index contributed by atoms with van der Waals surface area (Å²) in [5.74, 6) is 1.05. The number of piperidine rings is 1. The van der Waals surface area contributed by atoms with Gasteiger partial charge >= 0.3 is 5.63 Å². The molecule has 6 rings (SSSR count). The lowest BCUT2D eigenvalue weighted by atomic mass is 9.45. The molecule has 1 saturated heterocycles. The molecule has 2 heterocycles. The first-order chi connectivity index (χ1) is 17.8. The molecule has 5 aliphatic rings. The van der Waals surface area contributed by atoms with E-state index in [1.165, 1.54) is 44.0 Å². The fourth-order valence-electron chi connectivity index (χ4n) is 9.20. The van der Waals surface area contributed by atoms with Crippen LogP contribution in [-0.4, -0.2) is 47.6 Å². The average molecular weight is 509 g/mol. The maximum Gasteiger partial charge on any atom is 0.335 e. The molecule has 1 aromatic rings. The Kier molecular flexibility index (Phi) is 6.63. The highest BCUT2D eigenvalue weighted by Gasteiger charge is 2.66. The van der Waals surface area contributed by atoms with Gasteiger partial charge in [-0.2, -0.15) is 0 Å². The normalized spacial score (nSPS) is 41.0. The van der Waals surface area contributed by atoms with Gasteiger partial charge in [-0.3, -0.25) is 4.90 Å². The van der Waals surface area contributed by atoms with E-state index < -0.39 is 5.60 Å².